The molecule has 0 aliphatic rings. The quantitative estimate of drug-likeness (QED) is 0.441. The summed E-state index contributed by atoms with van der Waals surface area (Å²) in [5.41, 5.74) is 0. The average molecular weight is 196 g/mol. The number of allylic oxidation sites excluding steroid dienone is 6. The van der Waals surface area contributed by atoms with Gasteiger partial charge in [-0.3, -0.25) is 0 Å². The molecule has 0 heterocycles. The van der Waals surface area contributed by atoms with Gasteiger partial charge in [-0.15, -0.1) is 0 Å². The van der Waals surface area contributed by atoms with E-state index < -0.39 is 0 Å². The average Bonchev–Trinajstić information content (AvgIpc) is 2.17. The Balaban J connectivity index is 3.86. The molecule has 0 aromatic carbocycles. The lowest BCUT2D eigenvalue weighted by Crippen LogP contribution is -1.88. The molecule has 0 aliphatic carbocycles. The van der Waals surface area contributed by atoms with Crippen LogP contribution in [0.3, 0.4) is 0 Å². The lowest BCUT2D eigenvalue weighted by atomic mass is 10.6. The third kappa shape index (κ3) is 7.99. The maximum Gasteiger partial charge on any atom is -0.0139 e. The topological polar surface area (TPSA) is 0 Å². The van der Waals surface area contributed by atoms with E-state index in [1.165, 1.54) is 18.5 Å². The fourth-order valence-electron chi connectivity index (χ4n) is 0.987. The Morgan fingerprint density at radius 2 is 1.00 bits per heavy atom. The summed E-state index contributed by atoms with van der Waals surface area (Å²) >= 11 is 0. The summed E-state index contributed by atoms with van der Waals surface area (Å²) in [5.74, 6) is 0. The number of hydrogen-bond donors (Lipinski definition) is 0. The van der Waals surface area contributed by atoms with E-state index in [1.54, 1.807) is 0 Å². The first-order chi connectivity index (χ1) is 6.35. The Bertz CT molecular complexity index is 144. The zero-order chi connectivity index (χ0) is 9.94. The maximum atomic E-state index is 2.29. The molecule has 0 fully saturated rings. The van der Waals surface area contributed by atoms with Crippen molar-refractivity contribution in [2.24, 2.45) is 0 Å². The third-order valence-corrected chi connectivity index (χ3v) is 3.98. The van der Waals surface area contributed by atoms with E-state index in [0.29, 0.717) is 0 Å². The van der Waals surface area contributed by atoms with Crippen molar-refractivity contribution in [3.05, 3.63) is 36.5 Å². The molecule has 0 radical (unpaired) electrons. The van der Waals surface area contributed by atoms with Crippen molar-refractivity contribution in [2.75, 3.05) is 18.5 Å². The van der Waals surface area contributed by atoms with Crippen LogP contribution in [0, 0.1) is 0 Å². The van der Waals surface area contributed by atoms with Gasteiger partial charge in [0.15, 0.2) is 0 Å². The van der Waals surface area contributed by atoms with Crippen molar-refractivity contribution >= 4 is 7.92 Å². The molecule has 0 unspecified atom stereocenters. The second-order valence-electron chi connectivity index (χ2n) is 2.93. The summed E-state index contributed by atoms with van der Waals surface area (Å²) in [5, 5.41) is 0. The molecule has 0 bridgehead atoms. The largest absolute Gasteiger partial charge is 0.0951 e. The maximum absolute atomic E-state index is 2.29. The van der Waals surface area contributed by atoms with E-state index in [-0.39, 0.29) is 7.92 Å². The Morgan fingerprint density at radius 3 is 1.23 bits per heavy atom. The first kappa shape index (κ1) is 12.7. The standard InChI is InChI=1S/C12H21P/c1-4-7-10-13(11-8-5-2)12-9-6-3/h4-9H,10-12H2,1-3H3. The normalized spacial score (nSPS) is 15.0. The predicted molar refractivity (Wildman–Crippen MR) is 66.0 cm³/mol. The zero-order valence-corrected chi connectivity index (χ0v) is 9.93. The summed E-state index contributed by atoms with van der Waals surface area (Å²) in [6, 6.07) is 0. The van der Waals surface area contributed by atoms with Gasteiger partial charge in [0, 0.05) is 0 Å². The van der Waals surface area contributed by atoms with Gasteiger partial charge in [-0.25, -0.2) is 0 Å². The Morgan fingerprint density at radius 1 is 0.692 bits per heavy atom. The third-order valence-electron chi connectivity index (χ3n) is 1.80. The van der Waals surface area contributed by atoms with Crippen LogP contribution < -0.4 is 0 Å². The minimum Gasteiger partial charge on any atom is -0.0951 e. The Kier molecular flexibility index (Phi) is 9.47. The van der Waals surface area contributed by atoms with E-state index in [2.05, 4.69) is 57.2 Å². The minimum atomic E-state index is 0.161. The molecule has 0 amide bonds. The Hall–Kier alpha value is -0.350. The summed E-state index contributed by atoms with van der Waals surface area (Å²) in [6.07, 6.45) is 17.1. The molecule has 1 heteroatoms. The van der Waals surface area contributed by atoms with Crippen LogP contribution in [-0.2, 0) is 0 Å². The summed E-state index contributed by atoms with van der Waals surface area (Å²) in [6.45, 7) is 6.29. The molecule has 0 nitrogen and oxygen atoms in total. The molecule has 0 aliphatic heterocycles. The van der Waals surface area contributed by atoms with Crippen molar-refractivity contribution in [1.82, 2.24) is 0 Å². The molecular formula is C12H21P. The smallest absolute Gasteiger partial charge is 0.0139 e. The van der Waals surface area contributed by atoms with Crippen LogP contribution in [0.4, 0.5) is 0 Å². The molecule has 0 aromatic heterocycles. The molecule has 13 heavy (non-hydrogen) atoms. The van der Waals surface area contributed by atoms with Gasteiger partial charge in [-0.05, 0) is 39.3 Å². The van der Waals surface area contributed by atoms with Crippen LogP contribution in [0.2, 0.25) is 0 Å². The molecule has 0 saturated heterocycles. The van der Waals surface area contributed by atoms with E-state index >= 15 is 0 Å². The fraction of sp³-hybridized carbons (Fsp3) is 0.500. The van der Waals surface area contributed by atoms with Crippen LogP contribution in [-0.4, -0.2) is 18.5 Å². The lowest BCUT2D eigenvalue weighted by Gasteiger charge is -2.10. The molecule has 0 rings (SSSR count). The van der Waals surface area contributed by atoms with Crippen LogP contribution in [0.5, 0.6) is 0 Å². The van der Waals surface area contributed by atoms with Crippen molar-refractivity contribution in [3.8, 4) is 0 Å². The highest BCUT2D eigenvalue weighted by molar-refractivity contribution is 7.58. The molecule has 0 spiro atoms. The Labute approximate surface area is 84.2 Å². The zero-order valence-electron chi connectivity index (χ0n) is 9.03. The fourth-order valence-corrected chi connectivity index (χ4v) is 2.96. The molecule has 0 atom stereocenters. The van der Waals surface area contributed by atoms with Crippen molar-refractivity contribution < 1.29 is 0 Å². The van der Waals surface area contributed by atoms with Gasteiger partial charge in [0.05, 0.1) is 0 Å². The van der Waals surface area contributed by atoms with E-state index in [4.69, 9.17) is 0 Å². The van der Waals surface area contributed by atoms with E-state index in [0.717, 1.165) is 0 Å². The minimum absolute atomic E-state index is 0.161. The number of hydrogen-bond acceptors (Lipinski definition) is 0. The molecular weight excluding hydrogens is 175 g/mol. The SMILES string of the molecule is CC=CCP(CC=CC)CC=CC. The summed E-state index contributed by atoms with van der Waals surface area (Å²) in [4.78, 5) is 0. The first-order valence-electron chi connectivity index (χ1n) is 4.91. The van der Waals surface area contributed by atoms with Crippen LogP contribution in [0.15, 0.2) is 36.5 Å². The lowest BCUT2D eigenvalue weighted by molar-refractivity contribution is 1.52. The van der Waals surface area contributed by atoms with E-state index in [1.807, 2.05) is 0 Å². The summed E-state index contributed by atoms with van der Waals surface area (Å²) in [7, 11) is 0.161. The van der Waals surface area contributed by atoms with Crippen LogP contribution >= 0.6 is 7.92 Å². The predicted octanol–water partition coefficient (Wildman–Crippen LogP) is 4.20. The highest BCUT2D eigenvalue weighted by Gasteiger charge is 2.00. The van der Waals surface area contributed by atoms with Gasteiger partial charge < -0.3 is 0 Å². The van der Waals surface area contributed by atoms with Gasteiger partial charge in [0.1, 0.15) is 0 Å². The van der Waals surface area contributed by atoms with Gasteiger partial charge in [0.25, 0.3) is 0 Å². The monoisotopic (exact) mass is 196 g/mol. The van der Waals surface area contributed by atoms with Crippen molar-refractivity contribution in [3.63, 3.8) is 0 Å². The molecule has 0 N–H and O–H groups in total. The van der Waals surface area contributed by atoms with Crippen molar-refractivity contribution in [2.45, 2.75) is 20.8 Å². The van der Waals surface area contributed by atoms with Gasteiger partial charge >= 0.3 is 0 Å². The highest BCUT2D eigenvalue weighted by Crippen LogP contribution is 2.35. The second-order valence-corrected chi connectivity index (χ2v) is 5.36. The van der Waals surface area contributed by atoms with Crippen LogP contribution in [0.25, 0.3) is 0 Å². The summed E-state index contributed by atoms with van der Waals surface area (Å²) < 4.78 is 0. The second kappa shape index (κ2) is 9.74. The van der Waals surface area contributed by atoms with E-state index in [9.17, 15) is 0 Å². The molecule has 74 valence electrons. The first-order valence-corrected chi connectivity index (χ1v) is 6.80. The van der Waals surface area contributed by atoms with Gasteiger partial charge in [-0.1, -0.05) is 44.4 Å². The molecule has 0 aromatic rings. The van der Waals surface area contributed by atoms with Gasteiger partial charge in [-0.2, -0.15) is 0 Å². The highest BCUT2D eigenvalue weighted by atomic mass is 31.1. The van der Waals surface area contributed by atoms with Crippen molar-refractivity contribution in [1.29, 1.82) is 0 Å². The van der Waals surface area contributed by atoms with Crippen LogP contribution in [0.1, 0.15) is 20.8 Å². The molecule has 0 saturated carbocycles. The van der Waals surface area contributed by atoms with Gasteiger partial charge in [0.2, 0.25) is 0 Å². The number of rotatable bonds is 6.